The highest BCUT2D eigenvalue weighted by Crippen LogP contribution is 2.08. The number of nitrogens with one attached hydrogen (secondary N) is 1. The van der Waals surface area contributed by atoms with Crippen molar-refractivity contribution in [2.24, 2.45) is 0 Å². The molecular weight excluding hydrogens is 354 g/mol. The summed E-state index contributed by atoms with van der Waals surface area (Å²) in [5.41, 5.74) is 1.23. The molecule has 1 aliphatic heterocycles. The quantitative estimate of drug-likeness (QED) is 0.680. The summed E-state index contributed by atoms with van der Waals surface area (Å²) < 4.78 is 17.4. The molecule has 0 aliphatic carbocycles. The molecule has 10 nitrogen and oxygen atoms in total. The van der Waals surface area contributed by atoms with E-state index in [1.807, 2.05) is 13.1 Å². The number of rotatable bonds is 8. The molecule has 1 fully saturated rings. The van der Waals surface area contributed by atoms with Gasteiger partial charge < -0.3 is 24.2 Å². The van der Waals surface area contributed by atoms with Crippen molar-refractivity contribution >= 4 is 11.8 Å². The molecule has 2 aromatic rings. The van der Waals surface area contributed by atoms with Crippen LogP contribution in [0, 0.1) is 6.92 Å². The van der Waals surface area contributed by atoms with Gasteiger partial charge in [0, 0.05) is 39.0 Å². The number of amides is 2. The van der Waals surface area contributed by atoms with Crippen molar-refractivity contribution in [3.63, 3.8) is 0 Å². The monoisotopic (exact) mass is 377 g/mol. The molecule has 146 valence electrons. The van der Waals surface area contributed by atoms with E-state index in [0.717, 1.165) is 5.56 Å². The lowest BCUT2D eigenvalue weighted by molar-refractivity contribution is -0.149. The molecule has 0 radical (unpaired) electrons. The van der Waals surface area contributed by atoms with Crippen LogP contribution in [-0.2, 0) is 20.8 Å². The van der Waals surface area contributed by atoms with Crippen LogP contribution in [0.2, 0.25) is 0 Å². The van der Waals surface area contributed by atoms with Crippen LogP contribution in [0.5, 0.6) is 0 Å². The maximum atomic E-state index is 12.3. The van der Waals surface area contributed by atoms with Crippen molar-refractivity contribution in [2.75, 3.05) is 40.0 Å². The molecule has 0 bridgehead atoms. The molecule has 3 rings (SSSR count). The Kier molecular flexibility index (Phi) is 6.20. The number of nitrogens with zero attached hydrogens (tertiary/aromatic N) is 4. The molecular formula is C17H23N5O5. The highest BCUT2D eigenvalue weighted by molar-refractivity contribution is 5.92. The molecule has 1 unspecified atom stereocenters. The number of methoxy groups -OCH3 is 1. The lowest BCUT2D eigenvalue weighted by Gasteiger charge is -2.32. The van der Waals surface area contributed by atoms with Crippen molar-refractivity contribution in [3.8, 4) is 0 Å². The Morgan fingerprint density at radius 2 is 2.33 bits per heavy atom. The summed E-state index contributed by atoms with van der Waals surface area (Å²) in [6.07, 6.45) is 3.34. The number of ether oxygens (including phenoxy) is 2. The van der Waals surface area contributed by atoms with Gasteiger partial charge in [0.25, 0.3) is 5.91 Å². The standard InChI is InChI=1S/C17H23N5O5/c1-12-6-19-22(8-12)10-13-5-15(20-27-13)17(24)18-7-14-9-21(3-4-25-2)16(23)11-26-14/h5-6,8,14H,3-4,7,9-11H2,1-2H3,(H,18,24). The predicted molar refractivity (Wildman–Crippen MR) is 93.1 cm³/mol. The maximum absolute atomic E-state index is 12.3. The second kappa shape index (κ2) is 8.78. The van der Waals surface area contributed by atoms with Crippen molar-refractivity contribution in [3.05, 3.63) is 35.5 Å². The Morgan fingerprint density at radius 1 is 1.48 bits per heavy atom. The summed E-state index contributed by atoms with van der Waals surface area (Å²) in [5.74, 6) is 0.101. The SMILES string of the molecule is COCCN1CC(CNC(=O)c2cc(Cn3cc(C)cn3)on2)OCC1=O. The Labute approximate surface area is 156 Å². The molecule has 0 spiro atoms. The van der Waals surface area contributed by atoms with Crippen molar-refractivity contribution in [2.45, 2.75) is 19.6 Å². The molecule has 2 aromatic heterocycles. The minimum atomic E-state index is -0.356. The van der Waals surface area contributed by atoms with E-state index in [9.17, 15) is 9.59 Å². The molecule has 10 heteroatoms. The van der Waals surface area contributed by atoms with Crippen LogP contribution in [0.3, 0.4) is 0 Å². The van der Waals surface area contributed by atoms with E-state index in [-0.39, 0.29) is 36.8 Å². The molecule has 2 amide bonds. The van der Waals surface area contributed by atoms with Crippen molar-refractivity contribution < 1.29 is 23.6 Å². The summed E-state index contributed by atoms with van der Waals surface area (Å²) in [4.78, 5) is 25.7. The highest BCUT2D eigenvalue weighted by Gasteiger charge is 2.26. The van der Waals surface area contributed by atoms with Gasteiger partial charge in [0.1, 0.15) is 13.2 Å². The number of aromatic nitrogens is 3. The summed E-state index contributed by atoms with van der Waals surface area (Å²) in [6, 6.07) is 1.59. The Bertz CT molecular complexity index is 786. The van der Waals surface area contributed by atoms with Gasteiger partial charge in [-0.15, -0.1) is 0 Å². The average molecular weight is 377 g/mol. The molecule has 0 saturated carbocycles. The average Bonchev–Trinajstić information content (AvgIpc) is 3.29. The largest absolute Gasteiger partial charge is 0.383 e. The van der Waals surface area contributed by atoms with Gasteiger partial charge in [0.15, 0.2) is 11.5 Å². The van der Waals surface area contributed by atoms with Crippen LogP contribution >= 0.6 is 0 Å². The number of morpholine rings is 1. The van der Waals surface area contributed by atoms with E-state index in [1.54, 1.807) is 29.0 Å². The third kappa shape index (κ3) is 5.14. The van der Waals surface area contributed by atoms with Crippen molar-refractivity contribution in [1.29, 1.82) is 0 Å². The number of hydrogen-bond acceptors (Lipinski definition) is 7. The van der Waals surface area contributed by atoms with Crippen molar-refractivity contribution in [1.82, 2.24) is 25.2 Å². The fourth-order valence-corrected chi connectivity index (χ4v) is 2.73. The maximum Gasteiger partial charge on any atom is 0.273 e. The third-order valence-electron chi connectivity index (χ3n) is 4.15. The van der Waals surface area contributed by atoms with Gasteiger partial charge in [-0.2, -0.15) is 5.10 Å². The molecule has 1 saturated heterocycles. The van der Waals surface area contributed by atoms with E-state index < -0.39 is 0 Å². The van der Waals surface area contributed by atoms with Gasteiger partial charge in [-0.3, -0.25) is 14.3 Å². The summed E-state index contributed by atoms with van der Waals surface area (Å²) in [6.45, 7) is 3.99. The van der Waals surface area contributed by atoms with E-state index >= 15 is 0 Å². The van der Waals surface area contributed by atoms with Gasteiger partial charge in [-0.05, 0) is 12.5 Å². The van der Waals surface area contributed by atoms with Gasteiger partial charge in [0.05, 0.1) is 18.9 Å². The van der Waals surface area contributed by atoms with E-state index in [2.05, 4.69) is 15.6 Å². The van der Waals surface area contributed by atoms with Crippen LogP contribution in [0.15, 0.2) is 23.0 Å². The molecule has 3 heterocycles. The fraction of sp³-hybridized carbons (Fsp3) is 0.529. The topological polar surface area (TPSA) is 112 Å². The van der Waals surface area contributed by atoms with Crippen LogP contribution < -0.4 is 5.32 Å². The normalized spacial score (nSPS) is 17.3. The number of carbonyl (C=O) groups is 2. The fourth-order valence-electron chi connectivity index (χ4n) is 2.73. The smallest absolute Gasteiger partial charge is 0.273 e. The Morgan fingerprint density at radius 3 is 3.07 bits per heavy atom. The minimum absolute atomic E-state index is 0.00163. The first-order chi connectivity index (χ1) is 13.0. The number of aryl methyl sites for hydroxylation is 1. The lowest BCUT2D eigenvalue weighted by Crippen LogP contribution is -2.51. The number of hydrogen-bond donors (Lipinski definition) is 1. The first kappa shape index (κ1) is 19.1. The second-order valence-electron chi connectivity index (χ2n) is 6.37. The van der Waals surface area contributed by atoms with Gasteiger partial charge >= 0.3 is 0 Å². The van der Waals surface area contributed by atoms with E-state index in [4.69, 9.17) is 14.0 Å². The summed E-state index contributed by atoms with van der Waals surface area (Å²) in [5, 5.41) is 10.7. The molecule has 1 atom stereocenters. The van der Waals surface area contributed by atoms with Gasteiger partial charge in [-0.1, -0.05) is 5.16 Å². The zero-order valence-corrected chi connectivity index (χ0v) is 15.4. The predicted octanol–water partition coefficient (Wildman–Crippen LogP) is -0.169. The minimum Gasteiger partial charge on any atom is -0.383 e. The Balaban J connectivity index is 1.48. The molecule has 1 aliphatic rings. The molecule has 0 aromatic carbocycles. The zero-order valence-electron chi connectivity index (χ0n) is 15.4. The van der Waals surface area contributed by atoms with Gasteiger partial charge in [-0.25, -0.2) is 0 Å². The van der Waals surface area contributed by atoms with E-state index in [1.165, 1.54) is 0 Å². The molecule has 1 N–H and O–H groups in total. The lowest BCUT2D eigenvalue weighted by atomic mass is 10.2. The van der Waals surface area contributed by atoms with Gasteiger partial charge in [0.2, 0.25) is 5.91 Å². The first-order valence-electron chi connectivity index (χ1n) is 8.66. The highest BCUT2D eigenvalue weighted by atomic mass is 16.5. The van der Waals surface area contributed by atoms with Crippen LogP contribution in [0.4, 0.5) is 0 Å². The first-order valence-corrected chi connectivity index (χ1v) is 8.66. The molecule has 27 heavy (non-hydrogen) atoms. The Hall–Kier alpha value is -2.72. The second-order valence-corrected chi connectivity index (χ2v) is 6.37. The summed E-state index contributed by atoms with van der Waals surface area (Å²) >= 11 is 0. The van der Waals surface area contributed by atoms with Crippen LogP contribution in [0.25, 0.3) is 0 Å². The third-order valence-corrected chi connectivity index (χ3v) is 4.15. The number of carbonyl (C=O) groups excluding carboxylic acids is 2. The summed E-state index contributed by atoms with van der Waals surface area (Å²) in [7, 11) is 1.59. The zero-order chi connectivity index (χ0) is 19.2. The van der Waals surface area contributed by atoms with Crippen LogP contribution in [-0.4, -0.2) is 77.7 Å². The van der Waals surface area contributed by atoms with Crippen LogP contribution in [0.1, 0.15) is 21.8 Å². The van der Waals surface area contributed by atoms with E-state index in [0.29, 0.717) is 32.0 Å².